The van der Waals surface area contributed by atoms with Gasteiger partial charge in [0.25, 0.3) is 0 Å². The molecular weight excluding hydrogens is 337 g/mol. The first kappa shape index (κ1) is 16.3. The molecule has 2 aromatic carbocycles. The molecule has 1 saturated carbocycles. The van der Waals surface area contributed by atoms with E-state index in [0.29, 0.717) is 5.92 Å². The Balaban J connectivity index is 1.82. The third kappa shape index (κ3) is 3.33. The number of benzene rings is 2. The van der Waals surface area contributed by atoms with Crippen LogP contribution in [0.5, 0.6) is 0 Å². The molecule has 1 aliphatic rings. The fraction of sp³-hybridized carbons (Fsp3) is 0.300. The molecule has 0 spiro atoms. The zero-order valence-corrected chi connectivity index (χ0v) is 14.8. The Bertz CT molecular complexity index is 1020. The summed E-state index contributed by atoms with van der Waals surface area (Å²) in [4.78, 5) is 3.29. The minimum absolute atomic E-state index is 0.0228. The van der Waals surface area contributed by atoms with Crippen molar-refractivity contribution in [2.24, 2.45) is 5.92 Å². The highest BCUT2D eigenvalue weighted by Crippen LogP contribution is 2.48. The van der Waals surface area contributed by atoms with Crippen molar-refractivity contribution in [2.45, 2.75) is 24.5 Å². The maximum Gasteiger partial charge on any atom is 0.151 e. The van der Waals surface area contributed by atoms with Crippen LogP contribution in [0.2, 0.25) is 0 Å². The van der Waals surface area contributed by atoms with Crippen LogP contribution in [0.3, 0.4) is 0 Å². The van der Waals surface area contributed by atoms with E-state index in [0.717, 1.165) is 34.9 Å². The number of aromatic amines is 1. The molecule has 1 aliphatic carbocycles. The zero-order chi connectivity index (χ0) is 17.6. The lowest BCUT2D eigenvalue weighted by molar-refractivity contribution is 0.601. The lowest BCUT2D eigenvalue weighted by Crippen LogP contribution is -2.03. The number of H-pyrrole nitrogens is 1. The lowest BCUT2D eigenvalue weighted by atomic mass is 9.87. The normalized spacial score (nSPS) is 16.2. The minimum atomic E-state index is -3.10. The Morgan fingerprint density at radius 2 is 1.88 bits per heavy atom. The minimum Gasteiger partial charge on any atom is -0.361 e. The van der Waals surface area contributed by atoms with Crippen LogP contribution in [-0.2, 0) is 15.6 Å². The molecule has 0 bridgehead atoms. The first-order chi connectivity index (χ1) is 11.9. The Kier molecular flexibility index (Phi) is 3.91. The van der Waals surface area contributed by atoms with Crippen molar-refractivity contribution in [2.75, 3.05) is 6.26 Å². The van der Waals surface area contributed by atoms with Crippen LogP contribution >= 0.6 is 0 Å². The number of hydrogen-bond acceptors (Lipinski definition) is 2. The first-order valence-electron chi connectivity index (χ1n) is 8.44. The molecule has 0 radical (unpaired) electrons. The highest BCUT2D eigenvalue weighted by molar-refractivity contribution is 7.89. The van der Waals surface area contributed by atoms with E-state index in [-0.39, 0.29) is 17.5 Å². The van der Waals surface area contributed by atoms with Gasteiger partial charge in [0, 0.05) is 29.3 Å². The Hall–Kier alpha value is -2.14. The van der Waals surface area contributed by atoms with Gasteiger partial charge in [-0.15, -0.1) is 0 Å². The summed E-state index contributed by atoms with van der Waals surface area (Å²) in [6.45, 7) is 0. The summed E-state index contributed by atoms with van der Waals surface area (Å²) in [5.41, 5.74) is 3.95. The second-order valence-corrected chi connectivity index (χ2v) is 9.16. The SMILES string of the molecule is CS(=O)(=O)Cc1cccc2c(C(c3ccc(F)cc3)C3CC3)c[nH]c12. The zero-order valence-electron chi connectivity index (χ0n) is 14.0. The number of halogens is 1. The van der Waals surface area contributed by atoms with E-state index in [9.17, 15) is 12.8 Å². The third-order valence-electron chi connectivity index (χ3n) is 4.91. The second kappa shape index (κ2) is 5.99. The predicted octanol–water partition coefficient (Wildman–Crippen LogP) is 4.39. The molecule has 5 heteroatoms. The van der Waals surface area contributed by atoms with Crippen molar-refractivity contribution in [3.63, 3.8) is 0 Å². The van der Waals surface area contributed by atoms with Gasteiger partial charge in [-0.1, -0.05) is 30.3 Å². The molecule has 3 nitrogen and oxygen atoms in total. The lowest BCUT2D eigenvalue weighted by Gasteiger charge is -2.17. The number of fused-ring (bicyclic) bond motifs is 1. The van der Waals surface area contributed by atoms with Crippen LogP contribution < -0.4 is 0 Å². The summed E-state index contributed by atoms with van der Waals surface area (Å²) in [6.07, 6.45) is 5.57. The third-order valence-corrected chi connectivity index (χ3v) is 5.74. The summed E-state index contributed by atoms with van der Waals surface area (Å²) in [7, 11) is -3.10. The predicted molar refractivity (Wildman–Crippen MR) is 97.8 cm³/mol. The van der Waals surface area contributed by atoms with Gasteiger partial charge in [0.05, 0.1) is 5.75 Å². The molecule has 4 rings (SSSR count). The molecule has 0 aliphatic heterocycles. The van der Waals surface area contributed by atoms with Crippen LogP contribution in [0.15, 0.2) is 48.7 Å². The summed E-state index contributed by atoms with van der Waals surface area (Å²) in [6, 6.07) is 12.5. The van der Waals surface area contributed by atoms with Crippen molar-refractivity contribution in [3.8, 4) is 0 Å². The van der Waals surface area contributed by atoms with E-state index in [1.807, 2.05) is 36.5 Å². The fourth-order valence-electron chi connectivity index (χ4n) is 3.70. The first-order valence-corrected chi connectivity index (χ1v) is 10.5. The van der Waals surface area contributed by atoms with Crippen LogP contribution in [0, 0.1) is 11.7 Å². The number of sulfone groups is 1. The highest BCUT2D eigenvalue weighted by atomic mass is 32.2. The molecular formula is C20H20FNO2S. The van der Waals surface area contributed by atoms with E-state index >= 15 is 0 Å². The molecule has 1 unspecified atom stereocenters. The van der Waals surface area contributed by atoms with Crippen LogP contribution in [0.1, 0.15) is 35.4 Å². The molecule has 130 valence electrons. The van der Waals surface area contributed by atoms with Gasteiger partial charge >= 0.3 is 0 Å². The topological polar surface area (TPSA) is 49.9 Å². The van der Waals surface area contributed by atoms with Gasteiger partial charge in [0.1, 0.15) is 5.82 Å². The molecule has 1 atom stereocenters. The van der Waals surface area contributed by atoms with E-state index in [1.54, 1.807) is 0 Å². The Labute approximate surface area is 146 Å². The summed E-state index contributed by atoms with van der Waals surface area (Å²) < 4.78 is 36.7. The molecule has 0 amide bonds. The quantitative estimate of drug-likeness (QED) is 0.736. The van der Waals surface area contributed by atoms with Crippen molar-refractivity contribution in [3.05, 3.63) is 71.2 Å². The van der Waals surface area contributed by atoms with Crippen molar-refractivity contribution in [1.29, 1.82) is 0 Å². The van der Waals surface area contributed by atoms with Gasteiger partial charge < -0.3 is 4.98 Å². The number of rotatable bonds is 5. The van der Waals surface area contributed by atoms with Crippen LogP contribution in [-0.4, -0.2) is 19.7 Å². The Morgan fingerprint density at radius 3 is 2.52 bits per heavy atom. The highest BCUT2D eigenvalue weighted by Gasteiger charge is 2.35. The van der Waals surface area contributed by atoms with Gasteiger partial charge in [-0.05, 0) is 47.6 Å². The molecule has 1 aromatic heterocycles. The largest absolute Gasteiger partial charge is 0.361 e. The monoisotopic (exact) mass is 357 g/mol. The summed E-state index contributed by atoms with van der Waals surface area (Å²) in [5, 5.41) is 1.06. The van der Waals surface area contributed by atoms with Gasteiger partial charge in [-0.2, -0.15) is 0 Å². The smallest absolute Gasteiger partial charge is 0.151 e. The number of hydrogen-bond donors (Lipinski definition) is 1. The molecule has 1 fully saturated rings. The van der Waals surface area contributed by atoms with Crippen LogP contribution in [0.4, 0.5) is 4.39 Å². The Morgan fingerprint density at radius 1 is 1.16 bits per heavy atom. The summed E-state index contributed by atoms with van der Waals surface area (Å²) in [5.74, 6) is 0.563. The van der Waals surface area contributed by atoms with Gasteiger partial charge in [-0.25, -0.2) is 12.8 Å². The van der Waals surface area contributed by atoms with Crippen LogP contribution in [0.25, 0.3) is 10.9 Å². The standard InChI is InChI=1S/C20H20FNO2S/c1-25(23,24)12-15-3-2-4-17-18(11-22-20(15)17)19(13-5-6-13)14-7-9-16(21)10-8-14/h2-4,7-11,13,19,22H,5-6,12H2,1H3. The molecule has 0 saturated heterocycles. The maximum atomic E-state index is 13.3. The number of para-hydroxylation sites is 1. The van der Waals surface area contributed by atoms with Crippen molar-refractivity contribution in [1.82, 2.24) is 4.98 Å². The van der Waals surface area contributed by atoms with Crippen molar-refractivity contribution >= 4 is 20.7 Å². The fourth-order valence-corrected chi connectivity index (χ4v) is 4.51. The van der Waals surface area contributed by atoms with Crippen molar-refractivity contribution < 1.29 is 12.8 Å². The average Bonchev–Trinajstić information content (AvgIpc) is 3.28. The van der Waals surface area contributed by atoms with E-state index in [4.69, 9.17) is 0 Å². The van der Waals surface area contributed by atoms with Gasteiger partial charge in [0.2, 0.25) is 0 Å². The molecule has 3 aromatic rings. The molecule has 1 heterocycles. The maximum absolute atomic E-state index is 13.3. The number of aromatic nitrogens is 1. The average molecular weight is 357 g/mol. The van der Waals surface area contributed by atoms with E-state index in [1.165, 1.54) is 24.0 Å². The van der Waals surface area contributed by atoms with Gasteiger partial charge in [0.15, 0.2) is 9.84 Å². The summed E-state index contributed by atoms with van der Waals surface area (Å²) >= 11 is 0. The van der Waals surface area contributed by atoms with E-state index < -0.39 is 9.84 Å². The van der Waals surface area contributed by atoms with Gasteiger partial charge in [-0.3, -0.25) is 0 Å². The number of nitrogens with one attached hydrogen (secondary N) is 1. The second-order valence-electron chi connectivity index (χ2n) is 7.02. The molecule has 25 heavy (non-hydrogen) atoms. The molecule has 1 N–H and O–H groups in total. The van der Waals surface area contributed by atoms with E-state index in [2.05, 4.69) is 4.98 Å².